The van der Waals surface area contributed by atoms with Crippen molar-refractivity contribution in [3.05, 3.63) is 100 Å². The molecule has 32 heavy (non-hydrogen) atoms. The first-order chi connectivity index (χ1) is 15.5. The van der Waals surface area contributed by atoms with E-state index in [1.807, 2.05) is 0 Å². The van der Waals surface area contributed by atoms with Gasteiger partial charge in [0.2, 0.25) is 0 Å². The summed E-state index contributed by atoms with van der Waals surface area (Å²) in [5, 5.41) is 0.526. The molecule has 0 unspecified atom stereocenters. The van der Waals surface area contributed by atoms with Crippen molar-refractivity contribution < 1.29 is 18.8 Å². The van der Waals surface area contributed by atoms with Gasteiger partial charge in [0.1, 0.15) is 5.82 Å². The van der Waals surface area contributed by atoms with Gasteiger partial charge in [-0.05, 0) is 61.4 Å². The third kappa shape index (κ3) is 4.27. The van der Waals surface area contributed by atoms with Gasteiger partial charge in [0, 0.05) is 23.8 Å². The van der Waals surface area contributed by atoms with Gasteiger partial charge in [-0.15, -0.1) is 0 Å². The van der Waals surface area contributed by atoms with Gasteiger partial charge in [0.05, 0.1) is 16.7 Å². The van der Waals surface area contributed by atoms with Crippen molar-refractivity contribution in [1.82, 2.24) is 4.90 Å². The number of imide groups is 1. The maximum atomic E-state index is 14.2. The zero-order valence-electron chi connectivity index (χ0n) is 17.1. The fourth-order valence-corrected chi connectivity index (χ4v) is 3.86. The van der Waals surface area contributed by atoms with Crippen molar-refractivity contribution in [3.63, 3.8) is 0 Å². The van der Waals surface area contributed by atoms with Crippen molar-refractivity contribution in [2.24, 2.45) is 0 Å². The van der Waals surface area contributed by atoms with Gasteiger partial charge in [0.25, 0.3) is 17.7 Å². The highest BCUT2D eigenvalue weighted by molar-refractivity contribution is 6.30. The fraction of sp³-hybridized carbons (Fsp3) is 0.160. The molecular formula is C25H20ClFN2O3. The third-order valence-corrected chi connectivity index (χ3v) is 5.63. The number of carbonyl (C=O) groups excluding carboxylic acids is 3. The van der Waals surface area contributed by atoms with Crippen LogP contribution in [0.3, 0.4) is 0 Å². The Morgan fingerprint density at radius 1 is 0.844 bits per heavy atom. The average molecular weight is 451 g/mol. The normalized spacial score (nSPS) is 12.8. The minimum atomic E-state index is -0.595. The SMILES string of the molecule is O=C1c2ccccc2C(=O)N1CCCCN(C(=O)c1ccccc1F)c1ccc(Cl)cc1. The number of hydrogen-bond donors (Lipinski definition) is 0. The number of carbonyl (C=O) groups is 3. The Balaban J connectivity index is 1.45. The van der Waals surface area contributed by atoms with Gasteiger partial charge in [-0.3, -0.25) is 19.3 Å². The van der Waals surface area contributed by atoms with Gasteiger partial charge in [-0.1, -0.05) is 35.9 Å². The zero-order chi connectivity index (χ0) is 22.7. The molecule has 3 aromatic rings. The molecule has 1 aliphatic heterocycles. The van der Waals surface area contributed by atoms with Crippen molar-refractivity contribution in [3.8, 4) is 0 Å². The average Bonchev–Trinajstić information content (AvgIpc) is 3.05. The number of hydrogen-bond acceptors (Lipinski definition) is 3. The number of unbranched alkanes of at least 4 members (excludes halogenated alkanes) is 1. The lowest BCUT2D eigenvalue weighted by molar-refractivity contribution is 0.0651. The molecule has 4 rings (SSSR count). The summed E-state index contributed by atoms with van der Waals surface area (Å²) in [6.45, 7) is 0.534. The molecule has 0 saturated carbocycles. The van der Waals surface area contributed by atoms with E-state index in [0.717, 1.165) is 0 Å². The summed E-state index contributed by atoms with van der Waals surface area (Å²) in [5.74, 6) is -1.67. The van der Waals surface area contributed by atoms with Crippen LogP contribution in [-0.4, -0.2) is 35.7 Å². The molecule has 162 valence electrons. The highest BCUT2D eigenvalue weighted by atomic mass is 35.5. The molecule has 1 heterocycles. The van der Waals surface area contributed by atoms with E-state index in [1.54, 1.807) is 54.6 Å². The van der Waals surface area contributed by atoms with E-state index < -0.39 is 11.7 Å². The highest BCUT2D eigenvalue weighted by Gasteiger charge is 2.34. The van der Waals surface area contributed by atoms with Crippen LogP contribution in [0.15, 0.2) is 72.8 Å². The van der Waals surface area contributed by atoms with Crippen LogP contribution in [0, 0.1) is 5.82 Å². The van der Waals surface area contributed by atoms with Gasteiger partial charge in [0.15, 0.2) is 0 Å². The molecule has 5 nitrogen and oxygen atoms in total. The van der Waals surface area contributed by atoms with Crippen LogP contribution in [0.4, 0.5) is 10.1 Å². The Morgan fingerprint density at radius 2 is 1.44 bits per heavy atom. The van der Waals surface area contributed by atoms with Crippen molar-refractivity contribution in [1.29, 1.82) is 0 Å². The lowest BCUT2D eigenvalue weighted by Gasteiger charge is -2.24. The molecule has 7 heteroatoms. The molecule has 3 amide bonds. The monoisotopic (exact) mass is 450 g/mol. The Labute approximate surface area is 190 Å². The summed E-state index contributed by atoms with van der Waals surface area (Å²) in [7, 11) is 0. The predicted molar refractivity (Wildman–Crippen MR) is 121 cm³/mol. The minimum absolute atomic E-state index is 0.0252. The number of anilines is 1. The number of rotatable bonds is 7. The first-order valence-corrected chi connectivity index (χ1v) is 10.6. The number of nitrogens with zero attached hydrogens (tertiary/aromatic N) is 2. The Morgan fingerprint density at radius 3 is 2.06 bits per heavy atom. The molecule has 0 aromatic heterocycles. The van der Waals surface area contributed by atoms with Gasteiger partial charge in [-0.2, -0.15) is 0 Å². The Kier molecular flexibility index (Phi) is 6.32. The van der Waals surface area contributed by atoms with Crippen LogP contribution < -0.4 is 4.90 Å². The van der Waals surface area contributed by atoms with Crippen LogP contribution in [0.5, 0.6) is 0 Å². The maximum absolute atomic E-state index is 14.2. The van der Waals surface area contributed by atoms with E-state index in [2.05, 4.69) is 0 Å². The maximum Gasteiger partial charge on any atom is 0.261 e. The van der Waals surface area contributed by atoms with Crippen molar-refractivity contribution in [2.45, 2.75) is 12.8 Å². The first-order valence-electron chi connectivity index (χ1n) is 10.2. The number of amides is 3. The van der Waals surface area contributed by atoms with Crippen LogP contribution in [0.2, 0.25) is 5.02 Å². The quantitative estimate of drug-likeness (QED) is 0.367. The zero-order valence-corrected chi connectivity index (χ0v) is 17.9. The molecule has 3 aromatic carbocycles. The van der Waals surface area contributed by atoms with Crippen molar-refractivity contribution >= 4 is 35.0 Å². The largest absolute Gasteiger partial charge is 0.308 e. The standard InChI is InChI=1S/C25H20ClFN2O3/c26-17-11-13-18(14-12-17)28(25(32)21-9-3-4-10-22(21)27)15-5-6-16-29-23(30)19-7-1-2-8-20(19)24(29)31/h1-4,7-14H,5-6,15-16H2. The van der Waals surface area contributed by atoms with Crippen LogP contribution >= 0.6 is 11.6 Å². The summed E-state index contributed by atoms with van der Waals surface area (Å²) >= 11 is 5.97. The first kappa shape index (κ1) is 21.7. The van der Waals surface area contributed by atoms with Crippen LogP contribution in [0.1, 0.15) is 43.9 Å². The summed E-state index contributed by atoms with van der Waals surface area (Å²) in [5.41, 5.74) is 1.39. The topological polar surface area (TPSA) is 57.7 Å². The molecule has 0 saturated heterocycles. The Hall–Kier alpha value is -3.51. The van der Waals surface area contributed by atoms with E-state index in [-0.39, 0.29) is 30.5 Å². The molecule has 0 atom stereocenters. The second-order valence-electron chi connectivity index (χ2n) is 7.43. The van der Waals surface area contributed by atoms with E-state index in [1.165, 1.54) is 28.0 Å². The molecule has 0 aliphatic carbocycles. The third-order valence-electron chi connectivity index (χ3n) is 5.38. The number of halogens is 2. The van der Waals surface area contributed by atoms with Crippen molar-refractivity contribution in [2.75, 3.05) is 18.0 Å². The summed E-state index contributed by atoms with van der Waals surface area (Å²) in [6, 6.07) is 19.3. The van der Waals surface area contributed by atoms with E-state index >= 15 is 0 Å². The van der Waals surface area contributed by atoms with Gasteiger partial charge in [-0.25, -0.2) is 4.39 Å². The highest BCUT2D eigenvalue weighted by Crippen LogP contribution is 2.24. The fourth-order valence-electron chi connectivity index (χ4n) is 3.73. The molecule has 0 bridgehead atoms. The Bertz CT molecular complexity index is 1140. The molecule has 1 aliphatic rings. The lowest BCUT2D eigenvalue weighted by atomic mass is 10.1. The summed E-state index contributed by atoms with van der Waals surface area (Å²) in [6.07, 6.45) is 1.01. The van der Waals surface area contributed by atoms with Gasteiger partial charge < -0.3 is 4.90 Å². The number of fused-ring (bicyclic) bond motifs is 1. The smallest absolute Gasteiger partial charge is 0.261 e. The van der Waals surface area contributed by atoms with E-state index in [9.17, 15) is 18.8 Å². The number of benzene rings is 3. The van der Waals surface area contributed by atoms with Gasteiger partial charge >= 0.3 is 0 Å². The second kappa shape index (κ2) is 9.32. The molecule has 0 N–H and O–H groups in total. The molecule has 0 radical (unpaired) electrons. The van der Waals surface area contributed by atoms with Crippen LogP contribution in [0.25, 0.3) is 0 Å². The second-order valence-corrected chi connectivity index (χ2v) is 7.86. The molecular weight excluding hydrogens is 431 g/mol. The molecule has 0 spiro atoms. The summed E-state index contributed by atoms with van der Waals surface area (Å²) < 4.78 is 14.2. The van der Waals surface area contributed by atoms with E-state index in [4.69, 9.17) is 11.6 Å². The molecule has 0 fully saturated rings. The van der Waals surface area contributed by atoms with Crippen LogP contribution in [-0.2, 0) is 0 Å². The summed E-state index contributed by atoms with van der Waals surface area (Å²) in [4.78, 5) is 40.8. The van der Waals surface area contributed by atoms with E-state index in [0.29, 0.717) is 34.7 Å². The lowest BCUT2D eigenvalue weighted by Crippen LogP contribution is -2.34. The predicted octanol–water partition coefficient (Wildman–Crippen LogP) is 5.20. The minimum Gasteiger partial charge on any atom is -0.308 e.